The van der Waals surface area contributed by atoms with E-state index < -0.39 is 0 Å². The number of nitrogens with zero attached hydrogens (tertiary/aromatic N) is 3. The maximum Gasteiger partial charge on any atom is 0.275 e. The van der Waals surface area contributed by atoms with Crippen molar-refractivity contribution in [2.45, 2.75) is 19.3 Å². The van der Waals surface area contributed by atoms with Gasteiger partial charge in [-0.3, -0.25) is 4.79 Å². The van der Waals surface area contributed by atoms with E-state index in [1.165, 1.54) is 30.6 Å². The van der Waals surface area contributed by atoms with Gasteiger partial charge in [0.05, 0.1) is 12.8 Å². The van der Waals surface area contributed by atoms with Crippen LogP contribution in [0, 0.1) is 0 Å². The van der Waals surface area contributed by atoms with Gasteiger partial charge in [-0.1, -0.05) is 11.6 Å². The highest BCUT2D eigenvalue weighted by Gasteiger charge is 2.16. The summed E-state index contributed by atoms with van der Waals surface area (Å²) in [4.78, 5) is 24.0. The van der Waals surface area contributed by atoms with E-state index in [-0.39, 0.29) is 5.91 Å². The minimum atomic E-state index is -0.314. The first-order valence-corrected chi connectivity index (χ1v) is 10.7. The first kappa shape index (κ1) is 19.7. The van der Waals surface area contributed by atoms with Crippen molar-refractivity contribution in [3.8, 4) is 16.3 Å². The molecule has 6 nitrogen and oxygen atoms in total. The summed E-state index contributed by atoms with van der Waals surface area (Å²) in [5.74, 6) is 1.22. The molecule has 0 radical (unpaired) electrons. The smallest absolute Gasteiger partial charge is 0.275 e. The lowest BCUT2D eigenvalue weighted by Crippen LogP contribution is -2.29. The summed E-state index contributed by atoms with van der Waals surface area (Å²) in [6, 6.07) is 9.10. The molecule has 1 aliphatic heterocycles. The first-order valence-electron chi connectivity index (χ1n) is 9.46. The van der Waals surface area contributed by atoms with E-state index in [9.17, 15) is 4.79 Å². The number of nitrogens with one attached hydrogen (secondary N) is 1. The number of aromatic nitrogens is 2. The van der Waals surface area contributed by atoms with Crippen LogP contribution in [0.5, 0.6) is 5.75 Å². The number of rotatable bonds is 5. The Balaban J connectivity index is 1.48. The second kappa shape index (κ2) is 8.80. The Morgan fingerprint density at radius 1 is 1.21 bits per heavy atom. The third-order valence-electron chi connectivity index (χ3n) is 4.82. The lowest BCUT2D eigenvalue weighted by Gasteiger charge is -2.27. The van der Waals surface area contributed by atoms with Gasteiger partial charge >= 0.3 is 0 Å². The van der Waals surface area contributed by atoms with E-state index in [0.29, 0.717) is 22.2 Å². The zero-order chi connectivity index (χ0) is 20.2. The molecule has 4 rings (SSSR count). The number of anilines is 2. The molecule has 0 saturated carbocycles. The van der Waals surface area contributed by atoms with E-state index in [1.54, 1.807) is 30.7 Å². The van der Waals surface area contributed by atoms with E-state index in [1.807, 2.05) is 18.3 Å². The predicted octanol–water partition coefficient (Wildman–Crippen LogP) is 5.11. The summed E-state index contributed by atoms with van der Waals surface area (Å²) in [7, 11) is 1.54. The number of hydrogen-bond acceptors (Lipinski definition) is 6. The zero-order valence-electron chi connectivity index (χ0n) is 16.0. The molecular weight excluding hydrogens is 408 g/mol. The normalized spacial score (nSPS) is 13.9. The number of piperidine rings is 1. The molecule has 0 unspecified atom stereocenters. The Morgan fingerprint density at radius 2 is 2.03 bits per heavy atom. The molecule has 1 fully saturated rings. The maximum atomic E-state index is 12.6. The zero-order valence-corrected chi connectivity index (χ0v) is 17.6. The fraction of sp³-hybridized carbons (Fsp3) is 0.286. The highest BCUT2D eigenvalue weighted by Crippen LogP contribution is 2.29. The average Bonchev–Trinajstić information content (AvgIpc) is 3.25. The highest BCUT2D eigenvalue weighted by atomic mass is 35.5. The minimum absolute atomic E-state index is 0.314. The van der Waals surface area contributed by atoms with E-state index in [2.05, 4.69) is 20.2 Å². The van der Waals surface area contributed by atoms with Crippen molar-refractivity contribution in [2.75, 3.05) is 30.4 Å². The van der Waals surface area contributed by atoms with Gasteiger partial charge in [0.1, 0.15) is 22.3 Å². The number of thiazole rings is 1. The number of hydrogen-bond donors (Lipinski definition) is 1. The summed E-state index contributed by atoms with van der Waals surface area (Å²) >= 11 is 7.44. The summed E-state index contributed by atoms with van der Waals surface area (Å²) in [5, 5.41) is 5.81. The van der Waals surface area contributed by atoms with Crippen molar-refractivity contribution >= 4 is 40.4 Å². The summed E-state index contributed by atoms with van der Waals surface area (Å²) in [5.41, 5.74) is 1.74. The molecule has 3 aromatic rings. The van der Waals surface area contributed by atoms with Crippen LogP contribution in [0.25, 0.3) is 10.6 Å². The lowest BCUT2D eigenvalue weighted by atomic mass is 10.1. The number of carbonyl (C=O) groups excluding carboxylic acids is 1. The monoisotopic (exact) mass is 428 g/mol. The van der Waals surface area contributed by atoms with Gasteiger partial charge in [-0.05, 0) is 49.6 Å². The van der Waals surface area contributed by atoms with Gasteiger partial charge in [-0.15, -0.1) is 11.3 Å². The predicted molar refractivity (Wildman–Crippen MR) is 117 cm³/mol. The van der Waals surface area contributed by atoms with Crippen molar-refractivity contribution in [1.82, 2.24) is 9.97 Å². The van der Waals surface area contributed by atoms with Crippen LogP contribution in [0.2, 0.25) is 5.02 Å². The van der Waals surface area contributed by atoms with Crippen molar-refractivity contribution in [1.29, 1.82) is 0 Å². The van der Waals surface area contributed by atoms with Gasteiger partial charge in [-0.2, -0.15) is 0 Å². The minimum Gasteiger partial charge on any atom is -0.495 e. The number of ether oxygens (including phenoxy) is 1. The Morgan fingerprint density at radius 3 is 2.76 bits per heavy atom. The van der Waals surface area contributed by atoms with Crippen LogP contribution in [-0.2, 0) is 0 Å². The molecule has 0 atom stereocenters. The molecule has 0 aliphatic carbocycles. The van der Waals surface area contributed by atoms with Crippen LogP contribution in [0.4, 0.5) is 11.5 Å². The molecule has 8 heteroatoms. The molecule has 0 bridgehead atoms. The molecule has 1 aliphatic rings. The van der Waals surface area contributed by atoms with Crippen molar-refractivity contribution in [3.63, 3.8) is 0 Å². The van der Waals surface area contributed by atoms with Gasteiger partial charge in [0.15, 0.2) is 0 Å². The Bertz CT molecular complexity index is 1000. The van der Waals surface area contributed by atoms with E-state index in [4.69, 9.17) is 16.3 Å². The second-order valence-corrected chi connectivity index (χ2v) is 8.08. The summed E-state index contributed by atoms with van der Waals surface area (Å²) in [6.07, 6.45) is 5.54. The number of pyridine rings is 1. The molecule has 150 valence electrons. The summed E-state index contributed by atoms with van der Waals surface area (Å²) < 4.78 is 5.27. The van der Waals surface area contributed by atoms with Crippen molar-refractivity contribution in [3.05, 3.63) is 52.6 Å². The molecule has 0 spiro atoms. The molecule has 1 amide bonds. The molecule has 1 saturated heterocycles. The number of carbonyl (C=O) groups is 1. The molecule has 1 aromatic carbocycles. The molecule has 1 N–H and O–H groups in total. The first-order chi connectivity index (χ1) is 14.1. The Hall–Kier alpha value is -2.64. The quantitative estimate of drug-likeness (QED) is 0.611. The third-order valence-corrected chi connectivity index (χ3v) is 5.95. The fourth-order valence-electron chi connectivity index (χ4n) is 3.30. The Kier molecular flexibility index (Phi) is 5.97. The van der Waals surface area contributed by atoms with Crippen LogP contribution < -0.4 is 15.0 Å². The van der Waals surface area contributed by atoms with Crippen LogP contribution in [0.3, 0.4) is 0 Å². The van der Waals surface area contributed by atoms with Crippen LogP contribution in [0.15, 0.2) is 41.9 Å². The van der Waals surface area contributed by atoms with Gasteiger partial charge in [0.25, 0.3) is 5.91 Å². The maximum absolute atomic E-state index is 12.6. The SMILES string of the molecule is COc1ccc(Cl)cc1NC(=O)c1csc(-c2ccc(N3CCCCC3)nc2)n1. The molecular formula is C21H21ClN4O2S. The largest absolute Gasteiger partial charge is 0.495 e. The van der Waals surface area contributed by atoms with Crippen molar-refractivity contribution in [2.24, 2.45) is 0 Å². The number of methoxy groups -OCH3 is 1. The van der Waals surface area contributed by atoms with Crippen molar-refractivity contribution < 1.29 is 9.53 Å². The fourth-order valence-corrected chi connectivity index (χ4v) is 4.26. The third kappa shape index (κ3) is 4.52. The van der Waals surface area contributed by atoms with Gasteiger partial charge in [0.2, 0.25) is 0 Å². The van der Waals surface area contributed by atoms with E-state index >= 15 is 0 Å². The highest BCUT2D eigenvalue weighted by molar-refractivity contribution is 7.13. The van der Waals surface area contributed by atoms with Gasteiger partial charge in [0, 0.05) is 35.3 Å². The van der Waals surface area contributed by atoms with E-state index in [0.717, 1.165) is 29.5 Å². The lowest BCUT2D eigenvalue weighted by molar-refractivity contribution is 0.102. The molecule has 3 heterocycles. The molecule has 29 heavy (non-hydrogen) atoms. The standard InChI is InChI=1S/C21H21ClN4O2S/c1-28-18-7-6-15(22)11-16(18)24-20(27)17-13-29-21(25-17)14-5-8-19(23-12-14)26-9-3-2-4-10-26/h5-8,11-13H,2-4,9-10H2,1H3,(H,24,27). The number of amides is 1. The molecule has 2 aromatic heterocycles. The van der Waals surface area contributed by atoms with Gasteiger partial charge in [-0.25, -0.2) is 9.97 Å². The second-order valence-electron chi connectivity index (χ2n) is 6.79. The number of benzene rings is 1. The van der Waals surface area contributed by atoms with Gasteiger partial charge < -0.3 is 15.0 Å². The topological polar surface area (TPSA) is 67.3 Å². The van der Waals surface area contributed by atoms with Crippen LogP contribution in [0.1, 0.15) is 29.8 Å². The van der Waals surface area contributed by atoms with Crippen LogP contribution in [-0.4, -0.2) is 36.1 Å². The average molecular weight is 429 g/mol. The Labute approximate surface area is 178 Å². The van der Waals surface area contributed by atoms with Crippen LogP contribution >= 0.6 is 22.9 Å². The summed E-state index contributed by atoms with van der Waals surface area (Å²) in [6.45, 7) is 2.11. The number of halogens is 1.